The van der Waals surface area contributed by atoms with E-state index >= 15 is 4.79 Å². The van der Waals surface area contributed by atoms with E-state index < -0.39 is 102 Å². The van der Waals surface area contributed by atoms with Crippen molar-refractivity contribution in [2.45, 2.75) is 243 Å². The summed E-state index contributed by atoms with van der Waals surface area (Å²) in [7, 11) is 0. The molecular formula is C93H145Cl4N19O17. The summed E-state index contributed by atoms with van der Waals surface area (Å²) in [6.07, 6.45) is 12.3. The van der Waals surface area contributed by atoms with Crippen molar-refractivity contribution in [3.05, 3.63) is 139 Å². The van der Waals surface area contributed by atoms with Crippen LogP contribution in [0.3, 0.4) is 0 Å². The second-order valence-corrected chi connectivity index (χ2v) is 33.8. The van der Waals surface area contributed by atoms with Crippen LogP contribution in [0.15, 0.2) is 97.1 Å². The van der Waals surface area contributed by atoms with E-state index in [0.717, 1.165) is 38.5 Å². The maximum absolute atomic E-state index is 15.1. The average molecular weight is 1940 g/mol. The van der Waals surface area contributed by atoms with Gasteiger partial charge < -0.3 is 116 Å². The molecule has 0 fully saturated rings. The Morgan fingerprint density at radius 2 is 0.541 bits per heavy atom. The molecular weight excluding hydrogens is 1800 g/mol. The van der Waals surface area contributed by atoms with Crippen molar-refractivity contribution in [1.29, 1.82) is 0 Å². The van der Waals surface area contributed by atoms with E-state index in [4.69, 9.17) is 88.3 Å². The normalized spacial score (nSPS) is 12.2. The van der Waals surface area contributed by atoms with E-state index in [1.807, 2.05) is 4.90 Å². The van der Waals surface area contributed by atoms with E-state index in [1.165, 1.54) is 19.3 Å². The molecule has 0 aromatic heterocycles. The number of carbonyl (C=O) groups excluding carboxylic acids is 13. The number of hydrogen-bond donors (Lipinski definition) is 17. The molecule has 742 valence electrons. The number of hydrogen-bond acceptors (Lipinski definition) is 23. The fraction of sp³-hybridized carbons (Fsp3) is 0.602. The van der Waals surface area contributed by atoms with Gasteiger partial charge in [0, 0.05) is 153 Å². The Morgan fingerprint density at radius 3 is 0.820 bits per heavy atom. The summed E-state index contributed by atoms with van der Waals surface area (Å²) in [5.41, 5.74) is 25.3. The highest BCUT2D eigenvalue weighted by molar-refractivity contribution is 6.32. The minimum Gasteiger partial charge on any atom is -0.445 e. The molecule has 0 aliphatic rings. The largest absolute Gasteiger partial charge is 0.445 e. The maximum Gasteiger partial charge on any atom is 0.408 e. The topological polar surface area (TPSA) is 526 Å². The molecule has 0 spiro atoms. The number of alkyl carbamates (subject to hydrolysis) is 4. The molecule has 133 heavy (non-hydrogen) atoms. The Kier molecular flexibility index (Phi) is 63.0. The lowest BCUT2D eigenvalue weighted by atomic mass is 10.1. The molecule has 40 heteroatoms. The minimum atomic E-state index is -1.01. The van der Waals surface area contributed by atoms with Crippen molar-refractivity contribution < 1.29 is 81.3 Å². The van der Waals surface area contributed by atoms with Gasteiger partial charge in [-0.15, -0.1) is 0 Å². The van der Waals surface area contributed by atoms with E-state index in [0.29, 0.717) is 133 Å². The molecule has 13 amide bonds. The van der Waals surface area contributed by atoms with Gasteiger partial charge >= 0.3 is 24.4 Å². The van der Waals surface area contributed by atoms with Crippen LogP contribution in [0.2, 0.25) is 20.1 Å². The van der Waals surface area contributed by atoms with Crippen molar-refractivity contribution in [3.63, 3.8) is 0 Å². The molecule has 0 heterocycles. The van der Waals surface area contributed by atoms with Crippen LogP contribution in [0.5, 0.6) is 0 Å². The molecule has 0 aliphatic carbocycles. The minimum absolute atomic E-state index is 0.00970. The number of nitrogens with two attached hydrogens (primary N) is 4. The SMILES string of the molecule is CCCCCCCCCCCCNC(=O)[C@H](CCCN(CCC(=O)NCCNC(=O)[C@H](CCCCN)NC(=O)OCc1ccccc1Cl)CCC(=O)NCCNC(=O)[C@H](CCCCN)NC(=O)OCc1ccccc1Cl)N(CCC(=O)NCCNC(=O)[C@H](CCCCN)NC(=O)OCc1ccccc1Cl)CCC(=O)NCCNC(=O)[C@H](CCCCN)NC(=O)OCc1ccccc1Cl. The smallest absolute Gasteiger partial charge is 0.408 e. The molecule has 0 unspecified atom stereocenters. The van der Waals surface area contributed by atoms with Crippen LogP contribution >= 0.6 is 46.4 Å². The lowest BCUT2D eigenvalue weighted by Gasteiger charge is -2.31. The second-order valence-electron chi connectivity index (χ2n) is 32.2. The Morgan fingerprint density at radius 1 is 0.286 bits per heavy atom. The molecule has 36 nitrogen and oxygen atoms in total. The van der Waals surface area contributed by atoms with Crippen LogP contribution in [0.25, 0.3) is 0 Å². The van der Waals surface area contributed by atoms with Gasteiger partial charge in [-0.1, -0.05) is 184 Å². The lowest BCUT2D eigenvalue weighted by Crippen LogP contribution is -2.50. The van der Waals surface area contributed by atoms with Gasteiger partial charge in [-0.3, -0.25) is 48.1 Å². The van der Waals surface area contributed by atoms with Crippen LogP contribution in [0.4, 0.5) is 19.2 Å². The van der Waals surface area contributed by atoms with Crippen molar-refractivity contribution in [2.24, 2.45) is 22.9 Å². The fourth-order valence-corrected chi connectivity index (χ4v) is 14.7. The molecule has 0 saturated carbocycles. The molecule has 4 aromatic rings. The van der Waals surface area contributed by atoms with E-state index in [-0.39, 0.29) is 182 Å². The first-order chi connectivity index (χ1) is 64.4. The zero-order valence-corrected chi connectivity index (χ0v) is 80.2. The van der Waals surface area contributed by atoms with Crippen molar-refractivity contribution in [2.75, 3.05) is 118 Å². The molecule has 0 aliphatic heterocycles. The second kappa shape index (κ2) is 72.6. The first-order valence-electron chi connectivity index (χ1n) is 46.8. The summed E-state index contributed by atoms with van der Waals surface area (Å²) in [6.45, 7) is 3.39. The third kappa shape index (κ3) is 53.7. The average Bonchev–Trinajstić information content (AvgIpc) is 0.785. The highest BCUT2D eigenvalue weighted by Crippen LogP contribution is 2.22. The summed E-state index contributed by atoms with van der Waals surface area (Å²) in [5, 5.41) is 37.7. The lowest BCUT2D eigenvalue weighted by molar-refractivity contribution is -0.129. The summed E-state index contributed by atoms with van der Waals surface area (Å²) >= 11 is 25.1. The maximum atomic E-state index is 15.1. The Balaban J connectivity index is 1.61. The standard InChI is InChI=1S/C93H145Cl4N19O17/c1-2-3-4-5-6-7-8-9-10-27-50-106-89(125)80(116(62-44-83(119)104-53-57-109-87(123)78(39-21-25-48-100)113-92(128)132-66-70-31-13-17-35-74(70)96)63-45-84(120)105-54-58-110-88(124)79(40-22-26-49-101)114-93(129)133-67-71-32-14-18-36-75(71)97)41-28-59-115(60-42-81(117)102-51-55-107-85(121)76(37-19-23-46-98)111-90(126)130-64-68-29-11-15-33-72(68)94)61-43-82(118)103-52-56-108-86(122)77(38-20-24-47-99)112-91(127)131-65-69-30-12-16-34-73(69)95/h11-18,29-36,76-80H,2-10,19-28,37-67,98-101H2,1H3,(H,102,117)(H,103,118)(H,104,119)(H,105,120)(H,106,125)(H,107,121)(H,108,122)(H,109,123)(H,110,124)(H,111,126)(H,112,127)(H,113,128)(H,114,129)/t76-,77-,78-,79-,80-/m0/s1. The van der Waals surface area contributed by atoms with Crippen LogP contribution < -0.4 is 92.1 Å². The molecule has 21 N–H and O–H groups in total. The van der Waals surface area contributed by atoms with Gasteiger partial charge in [0.25, 0.3) is 0 Å². The number of unbranched alkanes of at least 4 members (excludes halogenated alkanes) is 13. The Labute approximate surface area is 803 Å². The molecule has 0 bridgehead atoms. The first kappa shape index (κ1) is 115. The van der Waals surface area contributed by atoms with E-state index in [9.17, 15) is 57.5 Å². The molecule has 0 radical (unpaired) electrons. The highest BCUT2D eigenvalue weighted by atomic mass is 35.5. The van der Waals surface area contributed by atoms with Crippen LogP contribution in [0, 0.1) is 0 Å². The van der Waals surface area contributed by atoms with Gasteiger partial charge in [0.15, 0.2) is 0 Å². The van der Waals surface area contributed by atoms with Crippen molar-refractivity contribution in [1.82, 2.24) is 78.9 Å². The van der Waals surface area contributed by atoms with Crippen LogP contribution in [-0.2, 0) is 88.5 Å². The third-order valence-electron chi connectivity index (χ3n) is 21.6. The van der Waals surface area contributed by atoms with Gasteiger partial charge in [-0.2, -0.15) is 0 Å². The van der Waals surface area contributed by atoms with Crippen molar-refractivity contribution >= 4 is 124 Å². The van der Waals surface area contributed by atoms with Crippen LogP contribution in [-0.4, -0.2) is 235 Å². The third-order valence-corrected chi connectivity index (χ3v) is 23.0. The number of amides is 13. The molecule has 4 rings (SSSR count). The van der Waals surface area contributed by atoms with Gasteiger partial charge in [-0.25, -0.2) is 19.2 Å². The zero-order chi connectivity index (χ0) is 96.9. The summed E-state index contributed by atoms with van der Waals surface area (Å²) in [5.74, 6) is -4.24. The number of rotatable bonds is 73. The number of nitrogens with one attached hydrogen (secondary N) is 13. The fourth-order valence-electron chi connectivity index (χ4n) is 13.9. The first-order valence-corrected chi connectivity index (χ1v) is 48.3. The number of halogens is 4. The predicted molar refractivity (Wildman–Crippen MR) is 514 cm³/mol. The molecule has 5 atom stereocenters. The molecule has 0 saturated heterocycles. The summed E-state index contributed by atoms with van der Waals surface area (Å²) < 4.78 is 21.6. The predicted octanol–water partition coefficient (Wildman–Crippen LogP) is 8.58. The number of ether oxygens (including phenoxy) is 4. The summed E-state index contributed by atoms with van der Waals surface area (Å²) in [4.78, 5) is 181. The van der Waals surface area contributed by atoms with E-state index in [2.05, 4.69) is 76.0 Å². The van der Waals surface area contributed by atoms with Gasteiger partial charge in [0.1, 0.15) is 50.6 Å². The Hall–Kier alpha value is -9.89. The van der Waals surface area contributed by atoms with Gasteiger partial charge in [0.2, 0.25) is 53.2 Å². The summed E-state index contributed by atoms with van der Waals surface area (Å²) in [6, 6.07) is 22.4. The van der Waals surface area contributed by atoms with E-state index in [1.54, 1.807) is 102 Å². The zero-order valence-electron chi connectivity index (χ0n) is 77.1. The number of benzene rings is 4. The quantitative estimate of drug-likeness (QED) is 0.0145. The molecule has 4 aromatic carbocycles. The van der Waals surface area contributed by atoms with Gasteiger partial charge in [0.05, 0.1) is 6.04 Å². The Bertz CT molecular complexity index is 3870. The monoisotopic (exact) mass is 1940 g/mol. The van der Waals surface area contributed by atoms with Crippen LogP contribution in [0.1, 0.15) is 209 Å². The van der Waals surface area contributed by atoms with Crippen molar-refractivity contribution in [3.8, 4) is 0 Å². The number of nitrogens with zero attached hydrogens (tertiary/aromatic N) is 2. The van der Waals surface area contributed by atoms with Gasteiger partial charge in [-0.05, 0) is 153 Å². The highest BCUT2D eigenvalue weighted by Gasteiger charge is 2.30. The number of carbonyl (C=O) groups is 13.